The lowest BCUT2D eigenvalue weighted by molar-refractivity contribution is 0.0983. The van der Waals surface area contributed by atoms with E-state index >= 15 is 0 Å². The SMILES string of the molecule is CC.CC.CCC(=O)c1cc(-c2ccc(OCCN=O)cc2)n[nH]1.COC1=NC=CC=C=C1. The Bertz CT molecular complexity index is 938. The topological polar surface area (TPSA) is 106 Å². The molecular weight excluding hydrogens is 420 g/mol. The van der Waals surface area contributed by atoms with E-state index in [-0.39, 0.29) is 18.9 Å². The first-order chi connectivity index (χ1) is 16.2. The quantitative estimate of drug-likeness (QED) is 0.234. The Morgan fingerprint density at radius 1 is 1.15 bits per heavy atom. The molecule has 1 aliphatic rings. The Hall–Kier alpha value is -3.77. The first kappa shape index (κ1) is 29.2. The number of methoxy groups -OCH3 is 1. The maximum absolute atomic E-state index is 11.5. The number of benzene rings is 1. The summed E-state index contributed by atoms with van der Waals surface area (Å²) in [5.74, 6) is 1.28. The van der Waals surface area contributed by atoms with Crippen molar-refractivity contribution in [2.24, 2.45) is 10.2 Å². The van der Waals surface area contributed by atoms with Gasteiger partial charge in [-0.3, -0.25) is 9.89 Å². The molecular formula is C25H34N4O4. The second-order valence-electron chi connectivity index (χ2n) is 5.66. The van der Waals surface area contributed by atoms with Gasteiger partial charge in [0.2, 0.25) is 5.90 Å². The van der Waals surface area contributed by atoms with Crippen LogP contribution in [0.3, 0.4) is 0 Å². The van der Waals surface area contributed by atoms with Gasteiger partial charge < -0.3 is 9.47 Å². The zero-order chi connectivity index (χ0) is 24.9. The lowest BCUT2D eigenvalue weighted by atomic mass is 10.1. The van der Waals surface area contributed by atoms with Crippen LogP contribution in [0.2, 0.25) is 0 Å². The molecule has 0 atom stereocenters. The van der Waals surface area contributed by atoms with Crippen LogP contribution in [-0.4, -0.2) is 42.1 Å². The second-order valence-corrected chi connectivity index (χ2v) is 5.66. The van der Waals surface area contributed by atoms with Gasteiger partial charge in [0, 0.05) is 24.3 Å². The predicted octanol–water partition coefficient (Wildman–Crippen LogP) is 6.14. The first-order valence-electron chi connectivity index (χ1n) is 11.0. The van der Waals surface area contributed by atoms with Crippen molar-refractivity contribution in [3.8, 4) is 17.0 Å². The Labute approximate surface area is 196 Å². The van der Waals surface area contributed by atoms with Crippen molar-refractivity contribution in [3.63, 3.8) is 0 Å². The number of allylic oxidation sites excluding steroid dienone is 1. The van der Waals surface area contributed by atoms with Crippen molar-refractivity contribution in [2.75, 3.05) is 20.3 Å². The largest absolute Gasteiger partial charge is 0.492 e. The number of aromatic nitrogens is 2. The average Bonchev–Trinajstić information content (AvgIpc) is 3.23. The van der Waals surface area contributed by atoms with Gasteiger partial charge in [0.05, 0.1) is 12.8 Å². The first-order valence-corrected chi connectivity index (χ1v) is 11.0. The number of ether oxygens (including phenoxy) is 2. The van der Waals surface area contributed by atoms with Crippen LogP contribution in [0.4, 0.5) is 0 Å². The van der Waals surface area contributed by atoms with Crippen LogP contribution in [0.15, 0.2) is 70.7 Å². The number of hydrogen-bond donors (Lipinski definition) is 1. The summed E-state index contributed by atoms with van der Waals surface area (Å²) >= 11 is 0. The maximum Gasteiger partial charge on any atom is 0.220 e. The highest BCUT2D eigenvalue weighted by atomic mass is 16.5. The molecule has 178 valence electrons. The third-order valence-electron chi connectivity index (χ3n) is 3.70. The summed E-state index contributed by atoms with van der Waals surface area (Å²) in [6, 6.07) is 9.00. The lowest BCUT2D eigenvalue weighted by Crippen LogP contribution is -1.99. The molecule has 0 radical (unpaired) electrons. The van der Waals surface area contributed by atoms with Gasteiger partial charge in [0.25, 0.3) is 0 Å². The minimum Gasteiger partial charge on any atom is -0.492 e. The molecule has 0 fully saturated rings. The van der Waals surface area contributed by atoms with Crippen molar-refractivity contribution in [1.29, 1.82) is 0 Å². The molecule has 8 heteroatoms. The van der Waals surface area contributed by atoms with Gasteiger partial charge in [-0.25, -0.2) is 4.99 Å². The van der Waals surface area contributed by atoms with Gasteiger partial charge in [-0.2, -0.15) is 10.0 Å². The van der Waals surface area contributed by atoms with Crippen molar-refractivity contribution in [2.45, 2.75) is 41.0 Å². The molecule has 1 aromatic carbocycles. The van der Waals surface area contributed by atoms with Crippen LogP contribution in [0.1, 0.15) is 51.5 Å². The summed E-state index contributed by atoms with van der Waals surface area (Å²) in [4.78, 5) is 25.4. The predicted molar refractivity (Wildman–Crippen MR) is 134 cm³/mol. The third-order valence-corrected chi connectivity index (χ3v) is 3.70. The van der Waals surface area contributed by atoms with Crippen molar-refractivity contribution in [1.82, 2.24) is 10.2 Å². The van der Waals surface area contributed by atoms with Gasteiger partial charge in [-0.15, -0.1) is 5.73 Å². The molecule has 3 rings (SSSR count). The number of Topliss-reactive ketones (excluding diaryl/α,β-unsaturated/α-hetero) is 1. The molecule has 0 amide bonds. The zero-order valence-corrected chi connectivity index (χ0v) is 20.3. The van der Waals surface area contributed by atoms with Gasteiger partial charge in [0.1, 0.15) is 24.6 Å². The molecule has 0 saturated carbocycles. The Morgan fingerprint density at radius 3 is 2.45 bits per heavy atom. The minimum absolute atomic E-state index is 0.0325. The van der Waals surface area contributed by atoms with E-state index in [2.05, 4.69) is 26.1 Å². The Balaban J connectivity index is 0.000000658. The van der Waals surface area contributed by atoms with E-state index in [1.165, 1.54) is 0 Å². The molecule has 2 heterocycles. The number of hydrogen-bond acceptors (Lipinski definition) is 7. The van der Waals surface area contributed by atoms with E-state index in [0.29, 0.717) is 29.5 Å². The van der Waals surface area contributed by atoms with Crippen molar-refractivity contribution >= 4 is 11.7 Å². The number of nitrogens with zero attached hydrogens (tertiary/aromatic N) is 3. The van der Waals surface area contributed by atoms with Crippen molar-refractivity contribution < 1.29 is 14.3 Å². The molecule has 0 spiro atoms. The van der Waals surface area contributed by atoms with E-state index in [1.54, 1.807) is 49.7 Å². The van der Waals surface area contributed by atoms with Crippen molar-refractivity contribution in [3.05, 3.63) is 71.1 Å². The molecule has 2 aromatic rings. The lowest BCUT2D eigenvalue weighted by Gasteiger charge is -2.03. The fraction of sp³-hybridized carbons (Fsp3) is 0.360. The number of carbonyl (C=O) groups is 1. The average molecular weight is 455 g/mol. The van der Waals surface area contributed by atoms with Gasteiger partial charge in [-0.05, 0) is 42.5 Å². The van der Waals surface area contributed by atoms with E-state index in [1.807, 2.05) is 46.8 Å². The van der Waals surface area contributed by atoms with Crippen LogP contribution in [0.5, 0.6) is 5.75 Å². The monoisotopic (exact) mass is 454 g/mol. The van der Waals surface area contributed by atoms with E-state index in [4.69, 9.17) is 9.47 Å². The smallest absolute Gasteiger partial charge is 0.220 e. The summed E-state index contributed by atoms with van der Waals surface area (Å²) in [6.45, 7) is 10.2. The zero-order valence-electron chi connectivity index (χ0n) is 20.3. The van der Waals surface area contributed by atoms with E-state index in [0.717, 1.165) is 5.56 Å². The van der Waals surface area contributed by atoms with E-state index < -0.39 is 0 Å². The number of nitroso groups, excluding NO2 is 1. The van der Waals surface area contributed by atoms with Crippen LogP contribution in [0, 0.1) is 4.91 Å². The molecule has 1 N–H and O–H groups in total. The molecule has 0 bridgehead atoms. The standard InChI is InChI=1S/C14H15N3O3.C7H7NO.2C2H6/c1-2-14(18)13-9-12(16-17-13)10-3-5-11(6-4-10)20-8-7-15-19;1-9-7-5-3-2-4-6-8-7;2*1-2/h3-6,9H,2,7-8H2,1H3,(H,16,17);2,4-6H,1H3;2*1-2H3. The number of aromatic amines is 1. The molecule has 0 unspecified atom stereocenters. The molecule has 1 aliphatic heterocycles. The molecule has 0 aliphatic carbocycles. The number of H-pyrrole nitrogens is 1. The fourth-order valence-corrected chi connectivity index (χ4v) is 2.21. The highest BCUT2D eigenvalue weighted by Crippen LogP contribution is 2.21. The minimum atomic E-state index is 0.0325. The second kappa shape index (κ2) is 19.0. The van der Waals surface area contributed by atoms with E-state index in [9.17, 15) is 9.70 Å². The summed E-state index contributed by atoms with van der Waals surface area (Å²) < 4.78 is 10.2. The molecule has 33 heavy (non-hydrogen) atoms. The Kier molecular flexibility index (Phi) is 16.8. The third kappa shape index (κ3) is 11.4. The highest BCUT2D eigenvalue weighted by molar-refractivity contribution is 5.94. The number of nitrogens with one attached hydrogen (secondary N) is 1. The summed E-state index contributed by atoms with van der Waals surface area (Å²) in [5.41, 5.74) is 4.97. The number of ketones is 1. The van der Waals surface area contributed by atoms with Gasteiger partial charge >= 0.3 is 0 Å². The van der Waals surface area contributed by atoms with Crippen LogP contribution in [-0.2, 0) is 4.74 Å². The fourth-order valence-electron chi connectivity index (χ4n) is 2.21. The molecule has 0 saturated heterocycles. The number of aliphatic imine (C=N–C) groups is 1. The highest BCUT2D eigenvalue weighted by Gasteiger charge is 2.09. The number of rotatable bonds is 7. The van der Waals surface area contributed by atoms with Crippen LogP contribution < -0.4 is 4.74 Å². The molecule has 8 nitrogen and oxygen atoms in total. The normalized spacial score (nSPS) is 10.7. The van der Waals surface area contributed by atoms with Gasteiger partial charge in [-0.1, -0.05) is 39.8 Å². The summed E-state index contributed by atoms with van der Waals surface area (Å²) in [7, 11) is 1.58. The Morgan fingerprint density at radius 2 is 1.85 bits per heavy atom. The van der Waals surface area contributed by atoms with Crippen LogP contribution >= 0.6 is 0 Å². The number of carbonyl (C=O) groups excluding carboxylic acids is 1. The van der Waals surface area contributed by atoms with Crippen LogP contribution in [0.25, 0.3) is 11.3 Å². The summed E-state index contributed by atoms with van der Waals surface area (Å²) in [5, 5.41) is 9.57. The maximum atomic E-state index is 11.5. The van der Waals surface area contributed by atoms with Gasteiger partial charge in [0.15, 0.2) is 5.78 Å². The summed E-state index contributed by atoms with van der Waals surface area (Å²) in [6.07, 6.45) is 7.35. The molecule has 1 aromatic heterocycles.